The van der Waals surface area contributed by atoms with Crippen LogP contribution in [0.2, 0.25) is 0 Å². The van der Waals surface area contributed by atoms with E-state index in [2.05, 4.69) is 39.8 Å². The van der Waals surface area contributed by atoms with E-state index in [9.17, 15) is 4.79 Å². The SMILES string of the molecule is CC(C)(C)CC(=O)Nc1nnc(SCCCc2ccccc2)s1. The van der Waals surface area contributed by atoms with Crippen molar-refractivity contribution in [1.29, 1.82) is 0 Å². The minimum absolute atomic E-state index is 0.00530. The zero-order valence-corrected chi connectivity index (χ0v) is 15.5. The molecule has 1 amide bonds. The van der Waals surface area contributed by atoms with Crippen molar-refractivity contribution in [2.24, 2.45) is 5.41 Å². The van der Waals surface area contributed by atoms with E-state index < -0.39 is 0 Å². The van der Waals surface area contributed by atoms with Gasteiger partial charge in [-0.05, 0) is 23.8 Å². The van der Waals surface area contributed by atoms with Crippen molar-refractivity contribution in [2.45, 2.75) is 44.4 Å². The van der Waals surface area contributed by atoms with Crippen LogP contribution in [0.15, 0.2) is 34.7 Å². The van der Waals surface area contributed by atoms with Crippen LogP contribution in [0, 0.1) is 5.41 Å². The fourth-order valence-corrected chi connectivity index (χ4v) is 3.82. The molecule has 0 fully saturated rings. The Kier molecular flexibility index (Phi) is 6.59. The second-order valence-electron chi connectivity index (χ2n) is 6.60. The van der Waals surface area contributed by atoms with Gasteiger partial charge in [-0.3, -0.25) is 4.79 Å². The second kappa shape index (κ2) is 8.45. The summed E-state index contributed by atoms with van der Waals surface area (Å²) in [5, 5.41) is 11.6. The highest BCUT2D eigenvalue weighted by molar-refractivity contribution is 8.01. The van der Waals surface area contributed by atoms with Crippen LogP contribution < -0.4 is 5.32 Å². The lowest BCUT2D eigenvalue weighted by molar-refractivity contribution is -0.117. The highest BCUT2D eigenvalue weighted by atomic mass is 32.2. The van der Waals surface area contributed by atoms with E-state index in [1.165, 1.54) is 16.9 Å². The molecule has 0 aliphatic heterocycles. The number of nitrogens with one attached hydrogen (secondary N) is 1. The van der Waals surface area contributed by atoms with Crippen LogP contribution >= 0.6 is 23.1 Å². The van der Waals surface area contributed by atoms with Gasteiger partial charge in [0.1, 0.15) is 0 Å². The fourth-order valence-electron chi connectivity index (χ4n) is 2.04. The number of amides is 1. The third-order valence-corrected chi connectivity index (χ3v) is 5.08. The van der Waals surface area contributed by atoms with Crippen LogP contribution in [0.5, 0.6) is 0 Å². The van der Waals surface area contributed by atoms with Gasteiger partial charge in [0.2, 0.25) is 11.0 Å². The molecule has 0 aliphatic rings. The maximum absolute atomic E-state index is 11.9. The lowest BCUT2D eigenvalue weighted by Gasteiger charge is -2.16. The third-order valence-electron chi connectivity index (χ3n) is 3.02. The molecule has 0 unspecified atom stereocenters. The highest BCUT2D eigenvalue weighted by Crippen LogP contribution is 2.27. The number of hydrogen-bond acceptors (Lipinski definition) is 5. The molecule has 0 bridgehead atoms. The quantitative estimate of drug-likeness (QED) is 0.449. The summed E-state index contributed by atoms with van der Waals surface area (Å²) in [7, 11) is 0. The first-order valence-electron chi connectivity index (χ1n) is 7.72. The number of anilines is 1. The second-order valence-corrected chi connectivity index (χ2v) is 8.92. The first-order valence-corrected chi connectivity index (χ1v) is 9.53. The Morgan fingerprint density at radius 1 is 1.22 bits per heavy atom. The van der Waals surface area contributed by atoms with Gasteiger partial charge in [-0.1, -0.05) is 74.2 Å². The molecule has 4 nitrogen and oxygen atoms in total. The van der Waals surface area contributed by atoms with Crippen molar-refractivity contribution in [2.75, 3.05) is 11.1 Å². The molecule has 2 rings (SSSR count). The average Bonchev–Trinajstić information content (AvgIpc) is 2.90. The minimum atomic E-state index is -0.0240. The van der Waals surface area contributed by atoms with E-state index in [1.54, 1.807) is 11.8 Å². The molecule has 0 aliphatic carbocycles. The summed E-state index contributed by atoms with van der Waals surface area (Å²) in [4.78, 5) is 11.9. The number of rotatable bonds is 7. The first kappa shape index (κ1) is 17.9. The van der Waals surface area contributed by atoms with E-state index >= 15 is 0 Å². The van der Waals surface area contributed by atoms with Crippen LogP contribution in [0.1, 0.15) is 39.2 Å². The number of aryl methyl sites for hydroxylation is 1. The number of aromatic nitrogens is 2. The Hall–Kier alpha value is -1.40. The molecule has 0 radical (unpaired) electrons. The molecular weight excluding hydrogens is 326 g/mol. The molecule has 1 aromatic carbocycles. The lowest BCUT2D eigenvalue weighted by Crippen LogP contribution is -2.19. The summed E-state index contributed by atoms with van der Waals surface area (Å²) in [6.07, 6.45) is 2.65. The molecule has 23 heavy (non-hydrogen) atoms. The van der Waals surface area contributed by atoms with Crippen molar-refractivity contribution in [3.63, 3.8) is 0 Å². The van der Waals surface area contributed by atoms with Crippen LogP contribution in [0.25, 0.3) is 0 Å². The number of benzene rings is 1. The Balaban J connectivity index is 1.71. The molecule has 0 atom stereocenters. The van der Waals surface area contributed by atoms with Gasteiger partial charge in [-0.15, -0.1) is 10.2 Å². The van der Waals surface area contributed by atoms with Crippen LogP contribution in [-0.4, -0.2) is 21.9 Å². The van der Waals surface area contributed by atoms with Crippen molar-refractivity contribution >= 4 is 34.1 Å². The predicted octanol–water partition coefficient (Wildman–Crippen LogP) is 4.64. The lowest BCUT2D eigenvalue weighted by atomic mass is 9.92. The zero-order chi connectivity index (χ0) is 16.7. The zero-order valence-electron chi connectivity index (χ0n) is 13.8. The average molecular weight is 350 g/mol. The molecule has 1 N–H and O–H groups in total. The van der Waals surface area contributed by atoms with Gasteiger partial charge in [0, 0.05) is 12.2 Å². The molecule has 0 spiro atoms. The van der Waals surface area contributed by atoms with Crippen molar-refractivity contribution in [1.82, 2.24) is 10.2 Å². The van der Waals surface area contributed by atoms with Crippen LogP contribution in [-0.2, 0) is 11.2 Å². The van der Waals surface area contributed by atoms with Gasteiger partial charge in [-0.25, -0.2) is 0 Å². The number of carbonyl (C=O) groups is 1. The summed E-state index contributed by atoms with van der Waals surface area (Å²) in [5.74, 6) is 0.994. The van der Waals surface area contributed by atoms with Crippen LogP contribution in [0.3, 0.4) is 0 Å². The van der Waals surface area contributed by atoms with Gasteiger partial charge in [0.05, 0.1) is 0 Å². The Morgan fingerprint density at radius 3 is 2.65 bits per heavy atom. The van der Waals surface area contributed by atoms with E-state index in [0.29, 0.717) is 11.6 Å². The van der Waals surface area contributed by atoms with Gasteiger partial charge in [-0.2, -0.15) is 0 Å². The Morgan fingerprint density at radius 2 is 1.96 bits per heavy atom. The van der Waals surface area contributed by atoms with Gasteiger partial charge in [0.15, 0.2) is 4.34 Å². The molecule has 0 saturated carbocycles. The van der Waals surface area contributed by atoms with E-state index in [0.717, 1.165) is 22.9 Å². The van der Waals surface area contributed by atoms with Gasteiger partial charge in [0.25, 0.3) is 0 Å². The molecule has 1 aromatic heterocycles. The smallest absolute Gasteiger partial charge is 0.226 e. The summed E-state index contributed by atoms with van der Waals surface area (Å²) in [6, 6.07) is 10.5. The van der Waals surface area contributed by atoms with Crippen molar-refractivity contribution < 1.29 is 4.79 Å². The van der Waals surface area contributed by atoms with Gasteiger partial charge >= 0.3 is 0 Å². The summed E-state index contributed by atoms with van der Waals surface area (Å²) < 4.78 is 0.907. The third kappa shape index (κ3) is 7.14. The van der Waals surface area contributed by atoms with Crippen LogP contribution in [0.4, 0.5) is 5.13 Å². The van der Waals surface area contributed by atoms with Gasteiger partial charge < -0.3 is 5.32 Å². The molecular formula is C17H23N3OS2. The van der Waals surface area contributed by atoms with E-state index in [-0.39, 0.29) is 11.3 Å². The predicted molar refractivity (Wildman–Crippen MR) is 98.1 cm³/mol. The van der Waals surface area contributed by atoms with E-state index in [4.69, 9.17) is 0 Å². The molecule has 6 heteroatoms. The summed E-state index contributed by atoms with van der Waals surface area (Å²) >= 11 is 3.14. The molecule has 124 valence electrons. The summed E-state index contributed by atoms with van der Waals surface area (Å²) in [5.41, 5.74) is 1.34. The number of nitrogens with zero attached hydrogens (tertiary/aromatic N) is 2. The number of carbonyl (C=O) groups excluding carboxylic acids is 1. The minimum Gasteiger partial charge on any atom is -0.300 e. The highest BCUT2D eigenvalue weighted by Gasteiger charge is 2.17. The number of thioether (sulfide) groups is 1. The maximum atomic E-state index is 11.9. The molecule has 2 aromatic rings. The maximum Gasteiger partial charge on any atom is 0.226 e. The Bertz CT molecular complexity index is 620. The Labute approximate surface area is 146 Å². The largest absolute Gasteiger partial charge is 0.300 e. The fraction of sp³-hybridized carbons (Fsp3) is 0.471. The number of hydrogen-bond donors (Lipinski definition) is 1. The standard InChI is InChI=1S/C17H23N3OS2/c1-17(2,3)12-14(21)18-15-19-20-16(23-15)22-11-7-10-13-8-5-4-6-9-13/h4-6,8-9H,7,10-12H2,1-3H3,(H,18,19,21). The normalized spacial score (nSPS) is 11.4. The van der Waals surface area contributed by atoms with E-state index in [1.807, 2.05) is 26.8 Å². The summed E-state index contributed by atoms with van der Waals surface area (Å²) in [6.45, 7) is 6.13. The van der Waals surface area contributed by atoms with Crippen molar-refractivity contribution in [3.8, 4) is 0 Å². The van der Waals surface area contributed by atoms with Crippen molar-refractivity contribution in [3.05, 3.63) is 35.9 Å². The first-order chi connectivity index (χ1) is 10.9. The topological polar surface area (TPSA) is 54.9 Å². The molecule has 1 heterocycles. The monoisotopic (exact) mass is 349 g/mol. The molecule has 0 saturated heterocycles.